The van der Waals surface area contributed by atoms with Crippen LogP contribution in [-0.2, 0) is 4.79 Å². The number of aryl methyl sites for hydroxylation is 2. The number of H-pyrrole nitrogens is 1. The van der Waals surface area contributed by atoms with E-state index in [1.54, 1.807) is 39.0 Å². The standard InChI is InChI=1S/C16H18ClN7O2/c1-8-7-12(17)5-6-13(8)26-11(4)15(25)18-14-9(2)21-24(10(14)3)16-19-22-23-20-16/h5-7,11H,1-4H3,(H,18,25)(H,19,20,22,23). The number of anilines is 1. The van der Waals surface area contributed by atoms with E-state index in [4.69, 9.17) is 16.3 Å². The minimum atomic E-state index is -0.706. The average Bonchev–Trinajstić information content (AvgIpc) is 3.21. The lowest BCUT2D eigenvalue weighted by molar-refractivity contribution is -0.122. The quantitative estimate of drug-likeness (QED) is 0.708. The molecule has 0 aliphatic rings. The Morgan fingerprint density at radius 1 is 1.35 bits per heavy atom. The summed E-state index contributed by atoms with van der Waals surface area (Å²) in [5.74, 6) is 0.610. The van der Waals surface area contributed by atoms with Gasteiger partial charge in [-0.2, -0.15) is 15.0 Å². The van der Waals surface area contributed by atoms with Crippen molar-refractivity contribution in [2.24, 2.45) is 0 Å². The van der Waals surface area contributed by atoms with E-state index in [0.717, 1.165) is 5.56 Å². The van der Waals surface area contributed by atoms with E-state index in [9.17, 15) is 4.79 Å². The van der Waals surface area contributed by atoms with Crippen molar-refractivity contribution in [3.63, 3.8) is 0 Å². The monoisotopic (exact) mass is 375 g/mol. The van der Waals surface area contributed by atoms with Gasteiger partial charge in [-0.3, -0.25) is 4.79 Å². The van der Waals surface area contributed by atoms with E-state index < -0.39 is 6.10 Å². The minimum Gasteiger partial charge on any atom is -0.481 e. The van der Waals surface area contributed by atoms with Crippen LogP contribution in [0.25, 0.3) is 5.95 Å². The molecule has 136 valence electrons. The molecule has 26 heavy (non-hydrogen) atoms. The first-order chi connectivity index (χ1) is 12.4. The molecule has 0 aliphatic carbocycles. The van der Waals surface area contributed by atoms with E-state index in [1.807, 2.05) is 6.92 Å². The molecule has 0 bridgehead atoms. The number of tetrazole rings is 1. The number of hydrogen-bond acceptors (Lipinski definition) is 6. The van der Waals surface area contributed by atoms with Gasteiger partial charge in [-0.1, -0.05) is 16.7 Å². The van der Waals surface area contributed by atoms with Crippen LogP contribution in [0.3, 0.4) is 0 Å². The van der Waals surface area contributed by atoms with E-state index in [-0.39, 0.29) is 5.91 Å². The molecule has 1 amide bonds. The summed E-state index contributed by atoms with van der Waals surface area (Å²) in [5, 5.41) is 21.5. The zero-order valence-electron chi connectivity index (χ0n) is 14.7. The lowest BCUT2D eigenvalue weighted by Crippen LogP contribution is -2.30. The molecule has 2 heterocycles. The van der Waals surface area contributed by atoms with Crippen LogP contribution >= 0.6 is 11.6 Å². The van der Waals surface area contributed by atoms with Crippen molar-refractivity contribution in [3.8, 4) is 11.7 Å². The van der Waals surface area contributed by atoms with Gasteiger partial charge in [0.15, 0.2) is 6.10 Å². The van der Waals surface area contributed by atoms with Crippen molar-refractivity contribution in [3.05, 3.63) is 40.2 Å². The molecule has 10 heteroatoms. The first-order valence-corrected chi connectivity index (χ1v) is 8.28. The first kappa shape index (κ1) is 17.9. The van der Waals surface area contributed by atoms with Gasteiger partial charge >= 0.3 is 0 Å². The normalized spacial score (nSPS) is 12.0. The van der Waals surface area contributed by atoms with E-state index in [2.05, 4.69) is 31.0 Å². The van der Waals surface area contributed by atoms with Crippen LogP contribution < -0.4 is 10.1 Å². The number of amides is 1. The number of aromatic amines is 1. The number of hydrogen-bond donors (Lipinski definition) is 2. The van der Waals surface area contributed by atoms with Gasteiger partial charge in [0.2, 0.25) is 0 Å². The molecule has 9 nitrogen and oxygen atoms in total. The van der Waals surface area contributed by atoms with Gasteiger partial charge in [-0.15, -0.1) is 5.10 Å². The van der Waals surface area contributed by atoms with E-state index >= 15 is 0 Å². The maximum absolute atomic E-state index is 12.5. The largest absolute Gasteiger partial charge is 0.481 e. The summed E-state index contributed by atoms with van der Waals surface area (Å²) in [7, 11) is 0. The number of carbonyl (C=O) groups excluding carboxylic acids is 1. The second-order valence-electron chi connectivity index (χ2n) is 5.83. The van der Waals surface area contributed by atoms with Crippen LogP contribution in [0.4, 0.5) is 5.69 Å². The first-order valence-electron chi connectivity index (χ1n) is 7.90. The van der Waals surface area contributed by atoms with Crippen LogP contribution in [-0.4, -0.2) is 42.4 Å². The van der Waals surface area contributed by atoms with Gasteiger partial charge in [0.1, 0.15) is 5.75 Å². The Morgan fingerprint density at radius 3 is 2.77 bits per heavy atom. The van der Waals surface area contributed by atoms with Gasteiger partial charge < -0.3 is 10.1 Å². The van der Waals surface area contributed by atoms with Gasteiger partial charge in [-0.25, -0.2) is 0 Å². The zero-order chi connectivity index (χ0) is 18.8. The Bertz CT molecular complexity index is 936. The predicted molar refractivity (Wildman–Crippen MR) is 95.7 cm³/mol. The van der Waals surface area contributed by atoms with E-state index in [0.29, 0.717) is 33.8 Å². The highest BCUT2D eigenvalue weighted by Gasteiger charge is 2.21. The lowest BCUT2D eigenvalue weighted by Gasteiger charge is -2.16. The van der Waals surface area contributed by atoms with Crippen LogP contribution in [0.1, 0.15) is 23.9 Å². The smallest absolute Gasteiger partial charge is 0.290 e. The van der Waals surface area contributed by atoms with Crippen LogP contribution in [0, 0.1) is 20.8 Å². The molecule has 1 unspecified atom stereocenters. The number of halogens is 1. The third-order valence-electron chi connectivity index (χ3n) is 3.87. The molecule has 0 spiro atoms. The summed E-state index contributed by atoms with van der Waals surface area (Å²) < 4.78 is 7.26. The second-order valence-corrected chi connectivity index (χ2v) is 6.27. The Hall–Kier alpha value is -2.94. The fourth-order valence-corrected chi connectivity index (χ4v) is 2.71. The molecule has 1 atom stereocenters. The maximum atomic E-state index is 12.5. The molecular weight excluding hydrogens is 358 g/mol. The molecule has 0 aliphatic heterocycles. The summed E-state index contributed by atoms with van der Waals surface area (Å²) in [4.78, 5) is 12.5. The highest BCUT2D eigenvalue weighted by atomic mass is 35.5. The minimum absolute atomic E-state index is 0.293. The topological polar surface area (TPSA) is 111 Å². The number of nitrogens with zero attached hydrogens (tertiary/aromatic N) is 5. The molecule has 2 N–H and O–H groups in total. The lowest BCUT2D eigenvalue weighted by atomic mass is 10.2. The third-order valence-corrected chi connectivity index (χ3v) is 4.11. The van der Waals surface area contributed by atoms with Crippen molar-refractivity contribution in [1.82, 2.24) is 30.4 Å². The SMILES string of the molecule is Cc1cc(Cl)ccc1OC(C)C(=O)Nc1c(C)nn(-c2nn[nH]n2)c1C. The van der Waals surface area contributed by atoms with Crippen molar-refractivity contribution in [1.29, 1.82) is 0 Å². The van der Waals surface area contributed by atoms with E-state index in [1.165, 1.54) is 4.68 Å². The molecule has 0 saturated heterocycles. The number of nitrogens with one attached hydrogen (secondary N) is 2. The summed E-state index contributed by atoms with van der Waals surface area (Å²) in [6.45, 7) is 7.14. The van der Waals surface area contributed by atoms with Crippen LogP contribution in [0.5, 0.6) is 5.75 Å². The summed E-state index contributed by atoms with van der Waals surface area (Å²) in [6, 6.07) is 5.24. The molecule has 0 radical (unpaired) electrons. The van der Waals surface area contributed by atoms with Gasteiger partial charge in [-0.05, 0) is 56.7 Å². The Kier molecular flexibility index (Phi) is 4.90. The number of carbonyl (C=O) groups is 1. The Labute approximate surface area is 154 Å². The molecule has 3 rings (SSSR count). The summed E-state index contributed by atoms with van der Waals surface area (Å²) >= 11 is 5.94. The maximum Gasteiger partial charge on any atom is 0.290 e. The average molecular weight is 376 g/mol. The Morgan fingerprint density at radius 2 is 2.12 bits per heavy atom. The molecule has 1 aromatic carbocycles. The summed E-state index contributed by atoms with van der Waals surface area (Å²) in [6.07, 6.45) is -0.706. The molecular formula is C16H18ClN7O2. The fraction of sp³-hybridized carbons (Fsp3) is 0.312. The highest BCUT2D eigenvalue weighted by Crippen LogP contribution is 2.24. The zero-order valence-corrected chi connectivity index (χ0v) is 15.5. The Balaban J connectivity index is 1.75. The van der Waals surface area contributed by atoms with Gasteiger partial charge in [0, 0.05) is 5.02 Å². The molecule has 0 saturated carbocycles. The van der Waals surface area contributed by atoms with Crippen molar-refractivity contribution >= 4 is 23.2 Å². The molecule has 3 aromatic rings. The second kappa shape index (κ2) is 7.12. The van der Waals surface area contributed by atoms with Crippen molar-refractivity contribution in [2.75, 3.05) is 5.32 Å². The summed E-state index contributed by atoms with van der Waals surface area (Å²) in [5.41, 5.74) is 2.76. The van der Waals surface area contributed by atoms with Crippen molar-refractivity contribution in [2.45, 2.75) is 33.8 Å². The predicted octanol–water partition coefficient (Wildman–Crippen LogP) is 2.37. The molecule has 2 aromatic heterocycles. The highest BCUT2D eigenvalue weighted by molar-refractivity contribution is 6.30. The fourth-order valence-electron chi connectivity index (χ4n) is 2.48. The van der Waals surface area contributed by atoms with Gasteiger partial charge in [0.25, 0.3) is 11.9 Å². The van der Waals surface area contributed by atoms with Crippen molar-refractivity contribution < 1.29 is 9.53 Å². The van der Waals surface area contributed by atoms with Crippen LogP contribution in [0.2, 0.25) is 5.02 Å². The third kappa shape index (κ3) is 3.52. The number of rotatable bonds is 5. The van der Waals surface area contributed by atoms with Crippen LogP contribution in [0.15, 0.2) is 18.2 Å². The number of aromatic nitrogens is 6. The van der Waals surface area contributed by atoms with Gasteiger partial charge in [0.05, 0.1) is 17.1 Å². The molecule has 0 fully saturated rings. The number of benzene rings is 1. The number of ether oxygens (including phenoxy) is 1.